The Morgan fingerprint density at radius 2 is 2.23 bits per heavy atom. The summed E-state index contributed by atoms with van der Waals surface area (Å²) in [5, 5.41) is 8.50. The van der Waals surface area contributed by atoms with Gasteiger partial charge in [-0.05, 0) is 26.0 Å². The molecule has 0 bridgehead atoms. The topological polar surface area (TPSA) is 87.4 Å². The molecule has 0 aliphatic carbocycles. The molecule has 7 nitrogen and oxygen atoms in total. The molecule has 0 aliphatic rings. The van der Waals surface area contributed by atoms with Gasteiger partial charge in [-0.2, -0.15) is 10.2 Å². The Bertz CT molecular complexity index is 820. The SMILES string of the molecule is CCOC(C)n1cc(-c2c(C(N)=O)cnn3cccc23)cn1. The van der Waals surface area contributed by atoms with Crippen LogP contribution in [0.3, 0.4) is 0 Å². The van der Waals surface area contributed by atoms with E-state index in [1.54, 1.807) is 15.4 Å². The minimum Gasteiger partial charge on any atom is -0.366 e. The molecular formula is C15H17N5O2. The molecule has 22 heavy (non-hydrogen) atoms. The highest BCUT2D eigenvalue weighted by Crippen LogP contribution is 2.28. The number of rotatable bonds is 5. The summed E-state index contributed by atoms with van der Waals surface area (Å²) in [6, 6.07) is 3.75. The minimum absolute atomic E-state index is 0.180. The molecular weight excluding hydrogens is 282 g/mol. The summed E-state index contributed by atoms with van der Waals surface area (Å²) in [5.41, 5.74) is 8.18. The zero-order valence-electron chi connectivity index (χ0n) is 12.4. The number of nitrogens with zero attached hydrogens (tertiary/aromatic N) is 4. The maximum Gasteiger partial charge on any atom is 0.251 e. The highest BCUT2D eigenvalue weighted by molar-refractivity contribution is 6.03. The van der Waals surface area contributed by atoms with Crippen molar-refractivity contribution in [3.05, 3.63) is 42.5 Å². The van der Waals surface area contributed by atoms with Crippen molar-refractivity contribution in [2.75, 3.05) is 6.61 Å². The third-order valence-electron chi connectivity index (χ3n) is 3.50. The molecule has 0 saturated carbocycles. The van der Waals surface area contributed by atoms with Crippen LogP contribution in [0.5, 0.6) is 0 Å². The number of aromatic nitrogens is 4. The molecule has 0 spiro atoms. The summed E-state index contributed by atoms with van der Waals surface area (Å²) in [6.07, 6.45) is 6.66. The van der Waals surface area contributed by atoms with Crippen LogP contribution >= 0.6 is 0 Å². The molecule has 3 aromatic heterocycles. The first-order valence-electron chi connectivity index (χ1n) is 7.04. The Morgan fingerprint density at radius 3 is 2.95 bits per heavy atom. The molecule has 0 aliphatic heterocycles. The smallest absolute Gasteiger partial charge is 0.251 e. The van der Waals surface area contributed by atoms with Crippen LogP contribution in [0.15, 0.2) is 36.9 Å². The van der Waals surface area contributed by atoms with Gasteiger partial charge in [0.05, 0.1) is 23.5 Å². The average Bonchev–Trinajstić information content (AvgIpc) is 3.15. The van der Waals surface area contributed by atoms with Crippen LogP contribution < -0.4 is 5.73 Å². The Labute approximate surface area is 127 Å². The average molecular weight is 299 g/mol. The molecule has 1 atom stereocenters. The predicted octanol–water partition coefficient (Wildman–Crippen LogP) is 1.85. The quantitative estimate of drug-likeness (QED) is 0.779. The zero-order chi connectivity index (χ0) is 15.7. The standard InChI is InChI=1S/C15H17N5O2/c1-3-22-10(2)20-9-11(7-17-20)14-12(15(16)21)8-18-19-6-4-5-13(14)19/h4-10H,3H2,1-2H3,(H2,16,21). The largest absolute Gasteiger partial charge is 0.366 e. The first-order valence-corrected chi connectivity index (χ1v) is 7.04. The highest BCUT2D eigenvalue weighted by atomic mass is 16.5. The molecule has 0 saturated heterocycles. The fourth-order valence-corrected chi connectivity index (χ4v) is 2.47. The molecule has 114 valence electrons. The minimum atomic E-state index is -0.517. The molecule has 2 N–H and O–H groups in total. The van der Waals surface area contributed by atoms with E-state index in [4.69, 9.17) is 10.5 Å². The van der Waals surface area contributed by atoms with Gasteiger partial charge in [-0.1, -0.05) is 0 Å². The van der Waals surface area contributed by atoms with E-state index >= 15 is 0 Å². The fourth-order valence-electron chi connectivity index (χ4n) is 2.47. The van der Waals surface area contributed by atoms with Gasteiger partial charge in [0.25, 0.3) is 5.91 Å². The van der Waals surface area contributed by atoms with Gasteiger partial charge in [-0.15, -0.1) is 0 Å². The molecule has 0 radical (unpaired) electrons. The summed E-state index contributed by atoms with van der Waals surface area (Å²) in [5.74, 6) is -0.517. The summed E-state index contributed by atoms with van der Waals surface area (Å²) < 4.78 is 8.93. The maximum atomic E-state index is 11.7. The van der Waals surface area contributed by atoms with Crippen LogP contribution in [0.1, 0.15) is 30.4 Å². The number of hydrogen-bond acceptors (Lipinski definition) is 4. The summed E-state index contributed by atoms with van der Waals surface area (Å²) in [4.78, 5) is 11.7. The number of amides is 1. The van der Waals surface area contributed by atoms with Gasteiger partial charge in [0.1, 0.15) is 6.23 Å². The van der Waals surface area contributed by atoms with Crippen molar-refractivity contribution in [1.82, 2.24) is 19.4 Å². The first-order chi connectivity index (χ1) is 10.6. The van der Waals surface area contributed by atoms with Gasteiger partial charge >= 0.3 is 0 Å². The van der Waals surface area contributed by atoms with Crippen LogP contribution in [0.25, 0.3) is 16.6 Å². The van der Waals surface area contributed by atoms with E-state index in [9.17, 15) is 4.79 Å². The lowest BCUT2D eigenvalue weighted by molar-refractivity contribution is 0.0160. The lowest BCUT2D eigenvalue weighted by atomic mass is 10.0. The number of carbonyl (C=O) groups excluding carboxylic acids is 1. The molecule has 1 unspecified atom stereocenters. The van der Waals surface area contributed by atoms with Gasteiger partial charge < -0.3 is 10.5 Å². The summed E-state index contributed by atoms with van der Waals surface area (Å²) in [7, 11) is 0. The second kappa shape index (κ2) is 5.61. The van der Waals surface area contributed by atoms with E-state index in [-0.39, 0.29) is 6.23 Å². The molecule has 7 heteroatoms. The monoisotopic (exact) mass is 299 g/mol. The van der Waals surface area contributed by atoms with Gasteiger partial charge in [-0.3, -0.25) is 4.79 Å². The number of hydrogen-bond donors (Lipinski definition) is 1. The molecule has 0 fully saturated rings. The Hall–Kier alpha value is -2.67. The van der Waals surface area contributed by atoms with Gasteiger partial charge in [-0.25, -0.2) is 9.20 Å². The summed E-state index contributed by atoms with van der Waals surface area (Å²) in [6.45, 7) is 4.44. The van der Waals surface area contributed by atoms with Gasteiger partial charge in [0.2, 0.25) is 0 Å². The van der Waals surface area contributed by atoms with E-state index in [2.05, 4.69) is 10.2 Å². The Kier molecular flexibility index (Phi) is 3.64. The molecule has 0 aromatic carbocycles. The third kappa shape index (κ3) is 2.35. The second-order valence-electron chi connectivity index (χ2n) is 4.90. The van der Waals surface area contributed by atoms with Crippen LogP contribution in [0.2, 0.25) is 0 Å². The van der Waals surface area contributed by atoms with Crippen molar-refractivity contribution in [2.24, 2.45) is 5.73 Å². The highest BCUT2D eigenvalue weighted by Gasteiger charge is 2.17. The van der Waals surface area contributed by atoms with E-state index in [0.29, 0.717) is 12.2 Å². The van der Waals surface area contributed by atoms with Gasteiger partial charge in [0, 0.05) is 30.1 Å². The van der Waals surface area contributed by atoms with E-state index < -0.39 is 5.91 Å². The number of fused-ring (bicyclic) bond motifs is 1. The molecule has 3 rings (SSSR count). The number of carbonyl (C=O) groups is 1. The maximum absolute atomic E-state index is 11.7. The molecule has 3 heterocycles. The normalized spacial score (nSPS) is 12.6. The Morgan fingerprint density at radius 1 is 1.41 bits per heavy atom. The lowest BCUT2D eigenvalue weighted by Crippen LogP contribution is -2.14. The molecule has 1 amide bonds. The Balaban J connectivity index is 2.14. The van der Waals surface area contributed by atoms with Crippen molar-refractivity contribution in [1.29, 1.82) is 0 Å². The van der Waals surface area contributed by atoms with Crippen molar-refractivity contribution in [2.45, 2.75) is 20.1 Å². The van der Waals surface area contributed by atoms with Crippen LogP contribution in [0.4, 0.5) is 0 Å². The zero-order valence-corrected chi connectivity index (χ0v) is 12.4. The number of primary amides is 1. The second-order valence-corrected chi connectivity index (χ2v) is 4.90. The van der Waals surface area contributed by atoms with Crippen LogP contribution in [-0.4, -0.2) is 31.9 Å². The van der Waals surface area contributed by atoms with E-state index in [1.165, 1.54) is 6.20 Å². The predicted molar refractivity (Wildman–Crippen MR) is 81.3 cm³/mol. The lowest BCUT2D eigenvalue weighted by Gasteiger charge is -2.11. The number of ether oxygens (including phenoxy) is 1. The van der Waals surface area contributed by atoms with Crippen molar-refractivity contribution in [3.63, 3.8) is 0 Å². The van der Waals surface area contributed by atoms with Crippen LogP contribution in [0, 0.1) is 0 Å². The summed E-state index contributed by atoms with van der Waals surface area (Å²) >= 11 is 0. The fraction of sp³-hybridized carbons (Fsp3) is 0.267. The van der Waals surface area contributed by atoms with Crippen molar-refractivity contribution in [3.8, 4) is 11.1 Å². The van der Waals surface area contributed by atoms with Crippen molar-refractivity contribution >= 4 is 11.4 Å². The molecule has 3 aromatic rings. The first kappa shape index (κ1) is 14.3. The van der Waals surface area contributed by atoms with Crippen molar-refractivity contribution < 1.29 is 9.53 Å². The van der Waals surface area contributed by atoms with E-state index in [1.807, 2.05) is 38.4 Å². The van der Waals surface area contributed by atoms with Gasteiger partial charge in [0.15, 0.2) is 0 Å². The van der Waals surface area contributed by atoms with E-state index in [0.717, 1.165) is 16.6 Å². The number of nitrogens with two attached hydrogens (primary N) is 1. The van der Waals surface area contributed by atoms with Crippen LogP contribution in [-0.2, 0) is 4.74 Å². The third-order valence-corrected chi connectivity index (χ3v) is 3.50.